The van der Waals surface area contributed by atoms with Crippen LogP contribution in [-0.2, 0) is 28.6 Å². The molecule has 0 aromatic heterocycles. The Morgan fingerprint density at radius 1 is 0.292 bits per heavy atom. The second-order valence-electron chi connectivity index (χ2n) is 19.9. The third-order valence-corrected chi connectivity index (χ3v) is 12.8. The Morgan fingerprint density at radius 2 is 0.542 bits per heavy atom. The van der Waals surface area contributed by atoms with Gasteiger partial charge in [0.1, 0.15) is 13.2 Å². The Labute approximate surface area is 445 Å². The van der Waals surface area contributed by atoms with E-state index < -0.39 is 6.10 Å². The quantitative estimate of drug-likeness (QED) is 0.0261. The van der Waals surface area contributed by atoms with Gasteiger partial charge in [-0.25, -0.2) is 0 Å². The van der Waals surface area contributed by atoms with Gasteiger partial charge in [0, 0.05) is 19.3 Å². The molecule has 0 aromatic rings. The van der Waals surface area contributed by atoms with Crippen molar-refractivity contribution < 1.29 is 28.6 Å². The highest BCUT2D eigenvalue weighted by molar-refractivity contribution is 5.71. The van der Waals surface area contributed by atoms with Crippen LogP contribution < -0.4 is 0 Å². The fraction of sp³-hybridized carbons (Fsp3) is 0.712. The Morgan fingerprint density at radius 3 is 0.861 bits per heavy atom. The van der Waals surface area contributed by atoms with Crippen molar-refractivity contribution in [2.24, 2.45) is 0 Å². The summed E-state index contributed by atoms with van der Waals surface area (Å²) in [5, 5.41) is 0. The van der Waals surface area contributed by atoms with Crippen molar-refractivity contribution in [1.29, 1.82) is 0 Å². The molecule has 1 unspecified atom stereocenters. The lowest BCUT2D eigenvalue weighted by molar-refractivity contribution is -0.167. The fourth-order valence-corrected chi connectivity index (χ4v) is 8.26. The SMILES string of the molecule is CC/C=C\C/C=C\C/C=C\CCCCCCCCCC(=O)OC(COC(=O)CCCCCCC/C=C\C/C=C\CCCCCC)COC(=O)CCCCCCCC/C=C\C/C=C\C/C=C\CCCCCCC. The summed E-state index contributed by atoms with van der Waals surface area (Å²) in [4.78, 5) is 38.3. The molecule has 0 heterocycles. The number of hydrogen-bond donors (Lipinski definition) is 0. The molecule has 6 heteroatoms. The molecule has 0 aliphatic rings. The van der Waals surface area contributed by atoms with E-state index in [0.29, 0.717) is 19.3 Å². The molecule has 0 aliphatic carbocycles. The average molecular weight is 1000 g/mol. The lowest BCUT2D eigenvalue weighted by Crippen LogP contribution is -2.30. The molecule has 0 bridgehead atoms. The van der Waals surface area contributed by atoms with Crippen molar-refractivity contribution in [2.75, 3.05) is 13.2 Å². The molecular weight excluding hydrogens is 889 g/mol. The maximum Gasteiger partial charge on any atom is 0.306 e. The minimum atomic E-state index is -0.797. The van der Waals surface area contributed by atoms with Crippen LogP contribution in [0.5, 0.6) is 0 Å². The summed E-state index contributed by atoms with van der Waals surface area (Å²) in [7, 11) is 0. The van der Waals surface area contributed by atoms with Crippen molar-refractivity contribution >= 4 is 17.9 Å². The van der Waals surface area contributed by atoms with E-state index in [-0.39, 0.29) is 31.1 Å². The van der Waals surface area contributed by atoms with Crippen molar-refractivity contribution in [3.05, 3.63) is 97.2 Å². The molecule has 0 fully saturated rings. The molecule has 0 N–H and O–H groups in total. The lowest BCUT2D eigenvalue weighted by atomic mass is 10.1. The van der Waals surface area contributed by atoms with E-state index in [4.69, 9.17) is 14.2 Å². The molecule has 0 aromatic carbocycles. The van der Waals surface area contributed by atoms with Crippen LogP contribution in [0.25, 0.3) is 0 Å². The van der Waals surface area contributed by atoms with Gasteiger partial charge in [-0.3, -0.25) is 14.4 Å². The van der Waals surface area contributed by atoms with E-state index in [1.165, 1.54) is 116 Å². The molecule has 0 saturated carbocycles. The van der Waals surface area contributed by atoms with Crippen LogP contribution in [-0.4, -0.2) is 37.2 Å². The highest BCUT2D eigenvalue weighted by Gasteiger charge is 2.19. The first-order valence-electron chi connectivity index (χ1n) is 30.2. The van der Waals surface area contributed by atoms with Gasteiger partial charge in [-0.2, -0.15) is 0 Å². The molecule has 0 spiro atoms. The number of allylic oxidation sites excluding steroid dienone is 16. The number of hydrogen-bond acceptors (Lipinski definition) is 6. The molecule has 412 valence electrons. The molecule has 1 atom stereocenters. The zero-order valence-electron chi connectivity index (χ0n) is 47.2. The van der Waals surface area contributed by atoms with Crippen LogP contribution in [0.3, 0.4) is 0 Å². The summed E-state index contributed by atoms with van der Waals surface area (Å²) in [6, 6.07) is 0. The number of esters is 3. The maximum atomic E-state index is 12.9. The third-order valence-electron chi connectivity index (χ3n) is 12.8. The van der Waals surface area contributed by atoms with Crippen LogP contribution in [0, 0.1) is 0 Å². The Bertz CT molecular complexity index is 1430. The van der Waals surface area contributed by atoms with Gasteiger partial charge in [0.25, 0.3) is 0 Å². The fourth-order valence-electron chi connectivity index (χ4n) is 8.26. The summed E-state index contributed by atoms with van der Waals surface area (Å²) in [5.41, 5.74) is 0. The van der Waals surface area contributed by atoms with E-state index in [0.717, 1.165) is 128 Å². The van der Waals surface area contributed by atoms with E-state index in [9.17, 15) is 14.4 Å². The Hall–Kier alpha value is -3.67. The van der Waals surface area contributed by atoms with Crippen LogP contribution in [0.2, 0.25) is 0 Å². The van der Waals surface area contributed by atoms with Crippen molar-refractivity contribution in [3.8, 4) is 0 Å². The van der Waals surface area contributed by atoms with Crippen LogP contribution in [0.1, 0.15) is 284 Å². The highest BCUT2D eigenvalue weighted by atomic mass is 16.6. The van der Waals surface area contributed by atoms with Crippen LogP contribution in [0.4, 0.5) is 0 Å². The number of carbonyl (C=O) groups is 3. The zero-order chi connectivity index (χ0) is 52.2. The van der Waals surface area contributed by atoms with Crippen molar-refractivity contribution in [1.82, 2.24) is 0 Å². The topological polar surface area (TPSA) is 78.9 Å². The maximum absolute atomic E-state index is 12.9. The molecule has 72 heavy (non-hydrogen) atoms. The van der Waals surface area contributed by atoms with Gasteiger partial charge in [0.2, 0.25) is 0 Å². The Kier molecular flexibility index (Phi) is 56.8. The molecule has 0 saturated heterocycles. The average Bonchev–Trinajstić information content (AvgIpc) is 3.38. The van der Waals surface area contributed by atoms with Crippen LogP contribution in [0.15, 0.2) is 97.2 Å². The number of unbranched alkanes of at least 4 members (excludes halogenated alkanes) is 27. The van der Waals surface area contributed by atoms with Gasteiger partial charge in [-0.1, -0.05) is 240 Å². The standard InChI is InChI=1S/C66H112O6/c1-4-7-10-13-16-19-22-25-28-31-32-33-34-36-38-41-44-47-50-53-56-59-65(68)71-62-63(61-70-64(67)58-55-52-49-46-43-40-37-30-27-24-21-18-15-12-9-6-3)72-66(69)60-57-54-51-48-45-42-39-35-29-26-23-20-17-14-11-8-5-2/h8,11,17,20-22,24-26,29-32,34,36-37,63H,4-7,9-10,12-16,18-19,23,27-28,33,35,38-62H2,1-3H3/b11-8-,20-17-,24-21-,25-22-,29-26-,32-31-,36-34-,37-30-. The first kappa shape index (κ1) is 68.3. The molecular formula is C66H112O6. The van der Waals surface area contributed by atoms with Gasteiger partial charge in [0.15, 0.2) is 6.10 Å². The van der Waals surface area contributed by atoms with Crippen molar-refractivity contribution in [2.45, 2.75) is 290 Å². The summed E-state index contributed by atoms with van der Waals surface area (Å²) < 4.78 is 16.9. The summed E-state index contributed by atoms with van der Waals surface area (Å²) in [5.74, 6) is -0.923. The summed E-state index contributed by atoms with van der Waals surface area (Å²) in [6.07, 6.45) is 79.6. The summed E-state index contributed by atoms with van der Waals surface area (Å²) >= 11 is 0. The number of ether oxygens (including phenoxy) is 3. The van der Waals surface area contributed by atoms with E-state index in [1.54, 1.807) is 0 Å². The predicted molar refractivity (Wildman–Crippen MR) is 311 cm³/mol. The van der Waals surface area contributed by atoms with Gasteiger partial charge >= 0.3 is 17.9 Å². The normalized spacial score (nSPS) is 12.8. The number of rotatable bonds is 54. The monoisotopic (exact) mass is 1000 g/mol. The highest BCUT2D eigenvalue weighted by Crippen LogP contribution is 2.15. The first-order valence-corrected chi connectivity index (χ1v) is 30.2. The zero-order valence-corrected chi connectivity index (χ0v) is 47.2. The Balaban J connectivity index is 4.44. The molecule has 0 rings (SSSR count). The van der Waals surface area contributed by atoms with E-state index >= 15 is 0 Å². The number of carbonyl (C=O) groups excluding carboxylic acids is 3. The second-order valence-corrected chi connectivity index (χ2v) is 19.9. The van der Waals surface area contributed by atoms with Gasteiger partial charge in [0.05, 0.1) is 0 Å². The van der Waals surface area contributed by atoms with Gasteiger partial charge in [-0.05, 0) is 122 Å². The lowest BCUT2D eigenvalue weighted by Gasteiger charge is -2.18. The largest absolute Gasteiger partial charge is 0.462 e. The van der Waals surface area contributed by atoms with Crippen molar-refractivity contribution in [3.63, 3.8) is 0 Å². The molecule has 0 radical (unpaired) electrons. The van der Waals surface area contributed by atoms with Gasteiger partial charge in [-0.15, -0.1) is 0 Å². The minimum Gasteiger partial charge on any atom is -0.462 e. The third kappa shape index (κ3) is 57.2. The predicted octanol–water partition coefficient (Wildman–Crippen LogP) is 20.5. The van der Waals surface area contributed by atoms with Crippen LogP contribution >= 0.6 is 0 Å². The molecule has 0 aliphatic heterocycles. The smallest absolute Gasteiger partial charge is 0.306 e. The molecule has 0 amide bonds. The summed E-state index contributed by atoms with van der Waals surface area (Å²) in [6.45, 7) is 6.48. The first-order chi connectivity index (χ1) is 35.5. The van der Waals surface area contributed by atoms with E-state index in [1.807, 2.05) is 0 Å². The van der Waals surface area contributed by atoms with Gasteiger partial charge < -0.3 is 14.2 Å². The minimum absolute atomic E-state index is 0.0935. The molecule has 6 nitrogen and oxygen atoms in total. The second kappa shape index (κ2) is 59.9. The van der Waals surface area contributed by atoms with E-state index in [2.05, 4.69) is 118 Å².